The highest BCUT2D eigenvalue weighted by Gasteiger charge is 2.30. The van der Waals surface area contributed by atoms with Gasteiger partial charge in [-0.25, -0.2) is 4.79 Å². The minimum atomic E-state index is -0.548. The van der Waals surface area contributed by atoms with Crippen molar-refractivity contribution in [2.75, 3.05) is 26.7 Å². The molecule has 0 N–H and O–H groups in total. The molecule has 29 heavy (non-hydrogen) atoms. The first-order valence-corrected chi connectivity index (χ1v) is 9.91. The van der Waals surface area contributed by atoms with Crippen LogP contribution in [0.4, 0.5) is 4.79 Å². The van der Waals surface area contributed by atoms with Crippen molar-refractivity contribution in [2.24, 2.45) is 5.92 Å². The first kappa shape index (κ1) is 22.7. The monoisotopic (exact) mass is 408 g/mol. The van der Waals surface area contributed by atoms with E-state index in [4.69, 9.17) is 9.47 Å². The molecule has 9 nitrogen and oxygen atoms in total. The first-order valence-electron chi connectivity index (χ1n) is 9.91. The van der Waals surface area contributed by atoms with Crippen LogP contribution in [0, 0.1) is 12.8 Å². The Bertz CT molecular complexity index is 753. The zero-order chi connectivity index (χ0) is 21.8. The largest absolute Gasteiger partial charge is 0.466 e. The number of aromatic nitrogens is 2. The molecule has 2 heterocycles. The van der Waals surface area contributed by atoms with Crippen molar-refractivity contribution in [2.45, 2.75) is 59.7 Å². The van der Waals surface area contributed by atoms with Crippen LogP contribution in [0.1, 0.15) is 44.6 Å². The molecule has 0 fully saturated rings. The molecule has 0 saturated carbocycles. The lowest BCUT2D eigenvalue weighted by atomic mass is 10.1. The van der Waals surface area contributed by atoms with Crippen molar-refractivity contribution in [3.8, 4) is 0 Å². The Labute approximate surface area is 171 Å². The molecule has 2 rings (SSSR count). The molecule has 1 aromatic heterocycles. The Balaban J connectivity index is 2.17. The lowest BCUT2D eigenvalue weighted by Gasteiger charge is -2.29. The van der Waals surface area contributed by atoms with Gasteiger partial charge < -0.3 is 19.3 Å². The van der Waals surface area contributed by atoms with E-state index in [1.807, 2.05) is 27.7 Å². The molecule has 162 valence electrons. The minimum Gasteiger partial charge on any atom is -0.466 e. The second kappa shape index (κ2) is 9.28. The molecule has 0 saturated heterocycles. The van der Waals surface area contributed by atoms with E-state index in [9.17, 15) is 14.4 Å². The third-order valence-electron chi connectivity index (χ3n) is 4.73. The number of rotatable bonds is 7. The Morgan fingerprint density at radius 1 is 1.34 bits per heavy atom. The molecular weight excluding hydrogens is 376 g/mol. The molecule has 2 amide bonds. The number of ether oxygens (including phenoxy) is 2. The number of nitrogens with zero attached hydrogens (tertiary/aromatic N) is 4. The molecule has 0 radical (unpaired) electrons. The summed E-state index contributed by atoms with van der Waals surface area (Å²) in [6.07, 6.45) is 0.972. The van der Waals surface area contributed by atoms with E-state index in [0.717, 1.165) is 17.0 Å². The average molecular weight is 408 g/mol. The molecule has 0 aromatic carbocycles. The lowest BCUT2D eigenvalue weighted by Crippen LogP contribution is -2.39. The predicted octanol–water partition coefficient (Wildman–Crippen LogP) is 1.75. The fraction of sp³-hybridized carbons (Fsp3) is 0.700. The lowest BCUT2D eigenvalue weighted by molar-refractivity contribution is -0.149. The van der Waals surface area contributed by atoms with Crippen molar-refractivity contribution < 1.29 is 23.9 Å². The van der Waals surface area contributed by atoms with Crippen molar-refractivity contribution in [3.63, 3.8) is 0 Å². The number of fused-ring (bicyclic) bond motifs is 1. The Kier molecular flexibility index (Phi) is 7.26. The van der Waals surface area contributed by atoms with Crippen molar-refractivity contribution in [1.29, 1.82) is 0 Å². The highest BCUT2D eigenvalue weighted by Crippen LogP contribution is 2.24. The predicted molar refractivity (Wildman–Crippen MR) is 106 cm³/mol. The highest BCUT2D eigenvalue weighted by molar-refractivity contribution is 5.73. The van der Waals surface area contributed by atoms with Crippen LogP contribution in [0.25, 0.3) is 0 Å². The maximum Gasteiger partial charge on any atom is 0.410 e. The number of esters is 1. The number of carbonyl (C=O) groups excluding carboxylic acids is 3. The number of carbonyl (C=O) groups is 3. The van der Waals surface area contributed by atoms with E-state index in [-0.39, 0.29) is 25.2 Å². The maximum atomic E-state index is 12.4. The minimum absolute atomic E-state index is 0.246. The summed E-state index contributed by atoms with van der Waals surface area (Å²) in [7, 11) is 1.62. The summed E-state index contributed by atoms with van der Waals surface area (Å²) < 4.78 is 12.4. The second-order valence-electron chi connectivity index (χ2n) is 8.34. The molecule has 1 aliphatic heterocycles. The first-order chi connectivity index (χ1) is 13.6. The maximum absolute atomic E-state index is 12.4. The number of hydrogen-bond acceptors (Lipinski definition) is 6. The zero-order valence-corrected chi connectivity index (χ0v) is 18.2. The van der Waals surface area contributed by atoms with E-state index in [2.05, 4.69) is 5.10 Å². The van der Waals surface area contributed by atoms with Gasteiger partial charge in [-0.15, -0.1) is 0 Å². The van der Waals surface area contributed by atoms with E-state index < -0.39 is 11.5 Å². The Hall–Kier alpha value is -2.58. The smallest absolute Gasteiger partial charge is 0.410 e. The van der Waals surface area contributed by atoms with Crippen LogP contribution in [-0.4, -0.2) is 70.4 Å². The van der Waals surface area contributed by atoms with Crippen LogP contribution in [-0.2, 0) is 38.6 Å². The fourth-order valence-corrected chi connectivity index (χ4v) is 3.29. The summed E-state index contributed by atoms with van der Waals surface area (Å²) in [5.74, 6) is -0.878. The van der Waals surface area contributed by atoms with Gasteiger partial charge in [0, 0.05) is 37.8 Å². The van der Waals surface area contributed by atoms with E-state index in [0.29, 0.717) is 32.5 Å². The van der Waals surface area contributed by atoms with Crippen LogP contribution in [0.3, 0.4) is 0 Å². The van der Waals surface area contributed by atoms with Crippen molar-refractivity contribution in [1.82, 2.24) is 19.6 Å². The topological polar surface area (TPSA) is 94.0 Å². The molecule has 0 spiro atoms. The van der Waals surface area contributed by atoms with E-state index in [1.54, 1.807) is 23.6 Å². The zero-order valence-electron chi connectivity index (χ0n) is 18.2. The molecule has 1 aliphatic rings. The fourth-order valence-electron chi connectivity index (χ4n) is 3.29. The summed E-state index contributed by atoms with van der Waals surface area (Å²) in [5.41, 5.74) is 2.26. The highest BCUT2D eigenvalue weighted by atomic mass is 16.6. The third-order valence-corrected chi connectivity index (χ3v) is 4.73. The quantitative estimate of drug-likeness (QED) is 0.504. The van der Waals surface area contributed by atoms with Gasteiger partial charge in [0.25, 0.3) is 0 Å². The Morgan fingerprint density at radius 2 is 2.03 bits per heavy atom. The summed E-state index contributed by atoms with van der Waals surface area (Å²) in [6, 6.07) is 0. The van der Waals surface area contributed by atoms with Gasteiger partial charge in [-0.05, 0) is 34.6 Å². The normalized spacial score (nSPS) is 14.8. The summed E-state index contributed by atoms with van der Waals surface area (Å²) >= 11 is 0. The third kappa shape index (κ3) is 5.95. The molecule has 1 aromatic rings. The molecular formula is C20H32N4O5. The van der Waals surface area contributed by atoms with Crippen LogP contribution in [0.15, 0.2) is 0 Å². The van der Waals surface area contributed by atoms with E-state index >= 15 is 0 Å². The van der Waals surface area contributed by atoms with Gasteiger partial charge in [-0.2, -0.15) is 5.10 Å². The summed E-state index contributed by atoms with van der Waals surface area (Å²) in [5, 5.41) is 4.66. The van der Waals surface area contributed by atoms with Crippen molar-refractivity contribution >= 4 is 18.5 Å². The molecule has 9 heteroatoms. The number of amides is 2. The van der Waals surface area contributed by atoms with Crippen molar-refractivity contribution in [3.05, 3.63) is 17.0 Å². The van der Waals surface area contributed by atoms with E-state index in [1.165, 1.54) is 4.90 Å². The van der Waals surface area contributed by atoms with Gasteiger partial charge >= 0.3 is 12.1 Å². The van der Waals surface area contributed by atoms with Crippen LogP contribution >= 0.6 is 0 Å². The van der Waals surface area contributed by atoms with Gasteiger partial charge in [-0.3, -0.25) is 14.3 Å². The van der Waals surface area contributed by atoms with Gasteiger partial charge in [0.1, 0.15) is 5.60 Å². The average Bonchev–Trinajstić information content (AvgIpc) is 2.95. The SMILES string of the molecule is CCOC(=O)C(CN(C)C=O)Cn1nc2c(c1C)CN(C(=O)OC(C)(C)C)CC2. The summed E-state index contributed by atoms with van der Waals surface area (Å²) in [6.45, 7) is 11.0. The molecule has 0 bridgehead atoms. The van der Waals surface area contributed by atoms with Gasteiger partial charge in [0.15, 0.2) is 0 Å². The summed E-state index contributed by atoms with van der Waals surface area (Å²) in [4.78, 5) is 38.9. The number of hydrogen-bond donors (Lipinski definition) is 0. The van der Waals surface area contributed by atoms with Gasteiger partial charge in [0.2, 0.25) is 6.41 Å². The molecule has 1 unspecified atom stereocenters. The van der Waals surface area contributed by atoms with Crippen LogP contribution in [0.5, 0.6) is 0 Å². The van der Waals surface area contributed by atoms with Gasteiger partial charge in [-0.1, -0.05) is 0 Å². The molecule has 0 aliphatic carbocycles. The Morgan fingerprint density at radius 3 is 2.62 bits per heavy atom. The second-order valence-corrected chi connectivity index (χ2v) is 8.34. The van der Waals surface area contributed by atoms with Crippen LogP contribution < -0.4 is 0 Å². The molecule has 1 atom stereocenters. The van der Waals surface area contributed by atoms with Gasteiger partial charge in [0.05, 0.1) is 31.3 Å². The van der Waals surface area contributed by atoms with Crippen LogP contribution in [0.2, 0.25) is 0 Å². The standard InChI is InChI=1S/C20H32N4O5/c1-7-28-18(26)15(10-22(6)13-25)11-24-14(2)16-12-23(9-8-17(16)21-24)19(27)29-20(3,4)5/h13,15H,7-12H2,1-6H3.